The standard InChI is InChI=1S/C43H86NO8P/c1-6-9-11-13-15-17-19-21-22-24-25-27-29-31-33-35-42(45)49-40-41(39-44(4,5)37-38-51-53(47,48)50-8-3)52-43(46)36-34-32-30-28-26-23-20-18-16-14-12-10-7-2/h41H,6-40H2,1-5H3. The first-order valence-electron chi connectivity index (χ1n) is 22.3. The van der Waals surface area contributed by atoms with Gasteiger partial charge in [-0.1, -0.05) is 181 Å². The second kappa shape index (κ2) is 36.6. The van der Waals surface area contributed by atoms with Crippen LogP contribution in [0.5, 0.6) is 0 Å². The van der Waals surface area contributed by atoms with Crippen molar-refractivity contribution in [2.24, 2.45) is 0 Å². The summed E-state index contributed by atoms with van der Waals surface area (Å²) in [5.41, 5.74) is 0. The Labute approximate surface area is 327 Å². The normalized spacial score (nSPS) is 13.5. The summed E-state index contributed by atoms with van der Waals surface area (Å²) < 4.78 is 33.3. The van der Waals surface area contributed by atoms with Crippen molar-refractivity contribution in [2.45, 2.75) is 219 Å². The summed E-state index contributed by atoms with van der Waals surface area (Å²) in [6.45, 7) is 6.76. The van der Waals surface area contributed by atoms with Crippen LogP contribution in [0.25, 0.3) is 0 Å². The second-order valence-corrected chi connectivity index (χ2v) is 17.4. The first-order chi connectivity index (χ1) is 25.5. The molecule has 53 heavy (non-hydrogen) atoms. The van der Waals surface area contributed by atoms with E-state index in [1.165, 1.54) is 141 Å². The third kappa shape index (κ3) is 37.7. The van der Waals surface area contributed by atoms with Gasteiger partial charge < -0.3 is 27.9 Å². The van der Waals surface area contributed by atoms with E-state index >= 15 is 0 Å². The molecule has 10 heteroatoms. The number of esters is 2. The maximum absolute atomic E-state index is 12.8. The number of rotatable bonds is 41. The molecule has 0 saturated heterocycles. The zero-order valence-electron chi connectivity index (χ0n) is 35.5. The smallest absolute Gasteiger partial charge is 0.306 e. The van der Waals surface area contributed by atoms with Crippen LogP contribution < -0.4 is 4.89 Å². The number of likely N-dealkylation sites (N-methyl/N-ethyl adjacent to an activating group) is 1. The van der Waals surface area contributed by atoms with Gasteiger partial charge in [0.2, 0.25) is 0 Å². The molecule has 9 nitrogen and oxygen atoms in total. The number of quaternary nitrogens is 1. The van der Waals surface area contributed by atoms with Gasteiger partial charge in [0, 0.05) is 12.8 Å². The van der Waals surface area contributed by atoms with Crippen LogP contribution in [-0.4, -0.2) is 69.5 Å². The predicted molar refractivity (Wildman–Crippen MR) is 218 cm³/mol. The molecule has 0 spiro atoms. The summed E-state index contributed by atoms with van der Waals surface area (Å²) in [7, 11) is -0.527. The average Bonchev–Trinajstić information content (AvgIpc) is 3.10. The highest BCUT2D eigenvalue weighted by Gasteiger charge is 2.27. The first-order valence-corrected chi connectivity index (χ1v) is 23.8. The van der Waals surface area contributed by atoms with Crippen LogP contribution in [0.1, 0.15) is 213 Å². The molecule has 0 rings (SSSR count). The second-order valence-electron chi connectivity index (χ2n) is 16.0. The maximum atomic E-state index is 12.8. The van der Waals surface area contributed by atoms with Crippen LogP contribution in [0.3, 0.4) is 0 Å². The summed E-state index contributed by atoms with van der Waals surface area (Å²) in [4.78, 5) is 37.3. The number of hydrogen-bond acceptors (Lipinski definition) is 8. The van der Waals surface area contributed by atoms with Gasteiger partial charge in [-0.3, -0.25) is 14.2 Å². The van der Waals surface area contributed by atoms with Crippen LogP contribution >= 0.6 is 7.82 Å². The quantitative estimate of drug-likeness (QED) is 0.0261. The van der Waals surface area contributed by atoms with Crippen molar-refractivity contribution in [3.05, 3.63) is 0 Å². The van der Waals surface area contributed by atoms with E-state index < -0.39 is 13.9 Å². The summed E-state index contributed by atoms with van der Waals surface area (Å²) in [6.07, 6.45) is 35.2. The molecule has 0 aromatic carbocycles. The van der Waals surface area contributed by atoms with Gasteiger partial charge in [0.1, 0.15) is 26.3 Å². The van der Waals surface area contributed by atoms with Gasteiger partial charge >= 0.3 is 11.9 Å². The molecule has 0 aromatic heterocycles. The fourth-order valence-electron chi connectivity index (χ4n) is 6.79. The van der Waals surface area contributed by atoms with E-state index in [1.807, 2.05) is 14.1 Å². The minimum absolute atomic E-state index is 0.0105. The number of unbranched alkanes of at least 4 members (excludes halogenated alkanes) is 26. The van der Waals surface area contributed by atoms with E-state index in [2.05, 4.69) is 18.4 Å². The van der Waals surface area contributed by atoms with E-state index in [9.17, 15) is 19.0 Å². The Kier molecular flexibility index (Phi) is 36.0. The number of hydrogen-bond donors (Lipinski definition) is 0. The third-order valence-corrected chi connectivity index (χ3v) is 11.2. The lowest BCUT2D eigenvalue weighted by atomic mass is 10.0. The molecule has 0 heterocycles. The van der Waals surface area contributed by atoms with Gasteiger partial charge in [-0.15, -0.1) is 0 Å². The lowest BCUT2D eigenvalue weighted by molar-refractivity contribution is -0.893. The molecule has 0 saturated carbocycles. The number of nitrogens with zero attached hydrogens (tertiary/aromatic N) is 1. The van der Waals surface area contributed by atoms with Crippen LogP contribution in [0.2, 0.25) is 0 Å². The summed E-state index contributed by atoms with van der Waals surface area (Å²) >= 11 is 0. The lowest BCUT2D eigenvalue weighted by Crippen LogP contribution is -2.49. The number of carbonyl (C=O) groups is 2. The Bertz CT molecular complexity index is 886. The van der Waals surface area contributed by atoms with Gasteiger partial charge in [-0.25, -0.2) is 0 Å². The molecule has 0 aliphatic carbocycles. The fraction of sp³-hybridized carbons (Fsp3) is 0.953. The van der Waals surface area contributed by atoms with E-state index in [0.717, 1.165) is 38.5 Å². The molecule has 2 unspecified atom stereocenters. The van der Waals surface area contributed by atoms with E-state index in [0.29, 0.717) is 30.4 Å². The summed E-state index contributed by atoms with van der Waals surface area (Å²) in [5.74, 6) is -0.553. The van der Waals surface area contributed by atoms with Crippen LogP contribution in [0.4, 0.5) is 0 Å². The van der Waals surface area contributed by atoms with Crippen molar-refractivity contribution in [1.29, 1.82) is 0 Å². The Balaban J connectivity index is 4.42. The monoisotopic (exact) mass is 776 g/mol. The van der Waals surface area contributed by atoms with Crippen LogP contribution in [-0.2, 0) is 32.7 Å². The van der Waals surface area contributed by atoms with Crippen molar-refractivity contribution in [3.63, 3.8) is 0 Å². The Morgan fingerprint density at radius 1 is 0.547 bits per heavy atom. The average molecular weight is 776 g/mol. The molecular weight excluding hydrogens is 689 g/mol. The molecule has 0 amide bonds. The van der Waals surface area contributed by atoms with Gasteiger partial charge in [-0.2, -0.15) is 0 Å². The Morgan fingerprint density at radius 2 is 0.906 bits per heavy atom. The predicted octanol–water partition coefficient (Wildman–Crippen LogP) is 11.8. The fourth-order valence-corrected chi connectivity index (χ4v) is 7.49. The largest absolute Gasteiger partial charge is 0.756 e. The van der Waals surface area contributed by atoms with Gasteiger partial charge in [-0.05, 0) is 19.8 Å². The van der Waals surface area contributed by atoms with Gasteiger partial charge in [0.15, 0.2) is 6.10 Å². The van der Waals surface area contributed by atoms with Crippen LogP contribution in [0, 0.1) is 0 Å². The Hall–Kier alpha value is -0.990. The molecule has 0 N–H and O–H groups in total. The highest BCUT2D eigenvalue weighted by Crippen LogP contribution is 2.37. The molecular formula is C43H86NO8P. The lowest BCUT2D eigenvalue weighted by Gasteiger charge is -2.33. The molecule has 2 atom stereocenters. The van der Waals surface area contributed by atoms with E-state index in [4.69, 9.17) is 14.0 Å². The molecule has 0 aromatic rings. The molecule has 0 aliphatic heterocycles. The van der Waals surface area contributed by atoms with Crippen LogP contribution in [0.15, 0.2) is 0 Å². The zero-order chi connectivity index (χ0) is 39.3. The molecule has 0 fully saturated rings. The Morgan fingerprint density at radius 3 is 1.28 bits per heavy atom. The SMILES string of the molecule is CCCCCCCCCCCCCCCCCC(=O)OCC(C[N+](C)(C)CCOP(=O)([O-])OCC)OC(=O)CCCCCCCCCCCCCCC. The van der Waals surface area contributed by atoms with Gasteiger partial charge in [0.25, 0.3) is 7.82 Å². The topological polar surface area (TPSA) is 111 Å². The number of phosphoric ester groups is 1. The molecule has 0 radical (unpaired) electrons. The van der Waals surface area contributed by atoms with Gasteiger partial charge in [0.05, 0.1) is 20.7 Å². The van der Waals surface area contributed by atoms with Crippen molar-refractivity contribution < 1.29 is 42.1 Å². The van der Waals surface area contributed by atoms with E-state index in [1.54, 1.807) is 6.92 Å². The molecule has 316 valence electrons. The first kappa shape index (κ1) is 52.0. The highest BCUT2D eigenvalue weighted by molar-refractivity contribution is 7.45. The third-order valence-electron chi connectivity index (χ3n) is 10.1. The minimum Gasteiger partial charge on any atom is -0.756 e. The number of carbonyl (C=O) groups excluding carboxylic acids is 2. The number of phosphoric acid groups is 1. The van der Waals surface area contributed by atoms with Crippen molar-refractivity contribution >= 4 is 19.8 Å². The zero-order valence-corrected chi connectivity index (χ0v) is 36.4. The summed E-state index contributed by atoms with van der Waals surface area (Å²) in [5, 5.41) is 0. The summed E-state index contributed by atoms with van der Waals surface area (Å²) in [6, 6.07) is 0. The molecule has 0 bridgehead atoms. The maximum Gasteiger partial charge on any atom is 0.306 e. The molecule has 0 aliphatic rings. The highest BCUT2D eigenvalue weighted by atomic mass is 31.2. The van der Waals surface area contributed by atoms with E-state index in [-0.39, 0.29) is 31.8 Å². The number of ether oxygens (including phenoxy) is 2. The minimum atomic E-state index is -4.34. The van der Waals surface area contributed by atoms with Crippen molar-refractivity contribution in [1.82, 2.24) is 0 Å². The van der Waals surface area contributed by atoms with Crippen molar-refractivity contribution in [3.8, 4) is 0 Å². The van der Waals surface area contributed by atoms with Crippen molar-refractivity contribution in [2.75, 3.05) is 47.0 Å².